The summed E-state index contributed by atoms with van der Waals surface area (Å²) in [6, 6.07) is 0. The Morgan fingerprint density at radius 1 is 1.70 bits per heavy atom. The van der Waals surface area contributed by atoms with E-state index in [4.69, 9.17) is 11.6 Å². The highest BCUT2D eigenvalue weighted by molar-refractivity contribution is 6.38. The number of rotatable bonds is 0. The molecule has 0 saturated heterocycles. The van der Waals surface area contributed by atoms with Gasteiger partial charge in [0.05, 0.1) is 0 Å². The molecule has 0 spiro atoms. The highest BCUT2D eigenvalue weighted by atomic mass is 35.5. The van der Waals surface area contributed by atoms with E-state index in [1.807, 2.05) is 0 Å². The standard InChI is InChI=1S/C8H9ClO/c9-8-4-2-1-3-6(8)5-7(8)10/h1,3,6H,2,4-5H2. The first-order valence-electron chi connectivity index (χ1n) is 3.62. The summed E-state index contributed by atoms with van der Waals surface area (Å²) in [6.07, 6.45) is 6.68. The number of fused-ring (bicyclic) bond motifs is 1. The molecule has 0 aliphatic heterocycles. The van der Waals surface area contributed by atoms with Crippen LogP contribution in [0.15, 0.2) is 12.2 Å². The number of carbonyl (C=O) groups is 1. The van der Waals surface area contributed by atoms with Crippen LogP contribution < -0.4 is 0 Å². The topological polar surface area (TPSA) is 17.1 Å². The first kappa shape index (κ1) is 6.41. The molecule has 1 fully saturated rings. The van der Waals surface area contributed by atoms with Gasteiger partial charge in [0.15, 0.2) is 5.78 Å². The fraction of sp³-hybridized carbons (Fsp3) is 0.625. The van der Waals surface area contributed by atoms with Crippen molar-refractivity contribution in [3.63, 3.8) is 0 Å². The zero-order valence-corrected chi connectivity index (χ0v) is 6.40. The summed E-state index contributed by atoms with van der Waals surface area (Å²) < 4.78 is 0. The van der Waals surface area contributed by atoms with Gasteiger partial charge in [-0.15, -0.1) is 11.6 Å². The van der Waals surface area contributed by atoms with Gasteiger partial charge in [0.1, 0.15) is 4.87 Å². The highest BCUT2D eigenvalue weighted by Gasteiger charge is 2.52. The largest absolute Gasteiger partial charge is 0.298 e. The number of allylic oxidation sites excluding steroid dienone is 2. The molecule has 0 bridgehead atoms. The van der Waals surface area contributed by atoms with E-state index in [0.717, 1.165) is 12.8 Å². The lowest BCUT2D eigenvalue weighted by Crippen LogP contribution is -2.52. The van der Waals surface area contributed by atoms with E-state index in [0.29, 0.717) is 12.3 Å². The molecule has 2 atom stereocenters. The lowest BCUT2D eigenvalue weighted by molar-refractivity contribution is -0.130. The van der Waals surface area contributed by atoms with Gasteiger partial charge in [0.2, 0.25) is 0 Å². The number of carbonyl (C=O) groups excluding carboxylic acids is 1. The molecule has 0 N–H and O–H groups in total. The van der Waals surface area contributed by atoms with Crippen LogP contribution in [0.25, 0.3) is 0 Å². The highest BCUT2D eigenvalue weighted by Crippen LogP contribution is 2.47. The van der Waals surface area contributed by atoms with Crippen molar-refractivity contribution in [2.24, 2.45) is 5.92 Å². The van der Waals surface area contributed by atoms with Gasteiger partial charge in [-0.2, -0.15) is 0 Å². The summed E-state index contributed by atoms with van der Waals surface area (Å²) in [5, 5.41) is 0. The maximum absolute atomic E-state index is 11.0. The molecule has 0 aromatic heterocycles. The smallest absolute Gasteiger partial charge is 0.155 e. The van der Waals surface area contributed by atoms with Crippen LogP contribution in [0.5, 0.6) is 0 Å². The van der Waals surface area contributed by atoms with E-state index < -0.39 is 4.87 Å². The number of alkyl halides is 1. The summed E-state index contributed by atoms with van der Waals surface area (Å²) in [5.74, 6) is 0.582. The Morgan fingerprint density at radius 2 is 2.50 bits per heavy atom. The van der Waals surface area contributed by atoms with Crippen LogP contribution in [0.4, 0.5) is 0 Å². The quantitative estimate of drug-likeness (QED) is 0.387. The second-order valence-corrected chi connectivity index (χ2v) is 3.74. The van der Waals surface area contributed by atoms with Crippen molar-refractivity contribution in [1.29, 1.82) is 0 Å². The SMILES string of the molecule is O=C1CC2C=CCCC12Cl. The van der Waals surface area contributed by atoms with Crippen LogP contribution >= 0.6 is 11.6 Å². The Hall–Kier alpha value is -0.300. The zero-order valence-electron chi connectivity index (χ0n) is 5.64. The second-order valence-electron chi connectivity index (χ2n) is 3.06. The lowest BCUT2D eigenvalue weighted by Gasteiger charge is -2.43. The van der Waals surface area contributed by atoms with Crippen LogP contribution in [0.2, 0.25) is 0 Å². The van der Waals surface area contributed by atoms with Crippen molar-refractivity contribution < 1.29 is 4.79 Å². The number of hydrogen-bond donors (Lipinski definition) is 0. The molecule has 1 nitrogen and oxygen atoms in total. The molecule has 10 heavy (non-hydrogen) atoms. The fourth-order valence-electron chi connectivity index (χ4n) is 1.71. The molecule has 2 heteroatoms. The van der Waals surface area contributed by atoms with Gasteiger partial charge < -0.3 is 0 Å². The number of halogens is 1. The second kappa shape index (κ2) is 1.85. The van der Waals surface area contributed by atoms with Crippen molar-refractivity contribution in [2.45, 2.75) is 24.1 Å². The van der Waals surface area contributed by atoms with E-state index in [9.17, 15) is 4.79 Å². The van der Waals surface area contributed by atoms with Crippen molar-refractivity contribution >= 4 is 17.4 Å². The predicted molar refractivity (Wildman–Crippen MR) is 40.1 cm³/mol. The van der Waals surface area contributed by atoms with Crippen LogP contribution in [0.3, 0.4) is 0 Å². The molecular formula is C8H9ClO. The van der Waals surface area contributed by atoms with E-state index in [2.05, 4.69) is 12.2 Å². The maximum atomic E-state index is 11.0. The molecule has 0 radical (unpaired) electrons. The van der Waals surface area contributed by atoms with Gasteiger partial charge in [-0.05, 0) is 12.8 Å². The van der Waals surface area contributed by atoms with Gasteiger partial charge in [0.25, 0.3) is 0 Å². The van der Waals surface area contributed by atoms with Gasteiger partial charge >= 0.3 is 0 Å². The third-order valence-corrected chi connectivity index (χ3v) is 3.18. The van der Waals surface area contributed by atoms with Crippen molar-refractivity contribution in [1.82, 2.24) is 0 Å². The summed E-state index contributed by atoms with van der Waals surface area (Å²) in [7, 11) is 0. The van der Waals surface area contributed by atoms with Crippen LogP contribution in [-0.2, 0) is 4.79 Å². The average Bonchev–Trinajstić information content (AvgIpc) is 1.93. The Bertz CT molecular complexity index is 209. The summed E-state index contributed by atoms with van der Waals surface area (Å²) in [5.41, 5.74) is 0. The molecular weight excluding hydrogens is 148 g/mol. The Kier molecular flexibility index (Phi) is 1.19. The van der Waals surface area contributed by atoms with Crippen molar-refractivity contribution in [3.05, 3.63) is 12.2 Å². The number of Topliss-reactive ketones (excluding diaryl/α,β-unsaturated/α-hetero) is 1. The number of ketones is 1. The average molecular weight is 157 g/mol. The summed E-state index contributed by atoms with van der Waals surface area (Å²) in [4.78, 5) is 10.5. The van der Waals surface area contributed by atoms with E-state index in [-0.39, 0.29) is 5.78 Å². The minimum absolute atomic E-state index is 0.239. The molecule has 54 valence electrons. The molecule has 1 saturated carbocycles. The third-order valence-electron chi connectivity index (χ3n) is 2.50. The third kappa shape index (κ3) is 0.615. The molecule has 2 rings (SSSR count). The van der Waals surface area contributed by atoms with Crippen molar-refractivity contribution in [3.8, 4) is 0 Å². The Morgan fingerprint density at radius 3 is 3.00 bits per heavy atom. The summed E-state index contributed by atoms with van der Waals surface area (Å²) >= 11 is 6.06. The van der Waals surface area contributed by atoms with Crippen LogP contribution in [0.1, 0.15) is 19.3 Å². The Labute approximate surface area is 65.1 Å². The maximum Gasteiger partial charge on any atom is 0.155 e. The first-order chi connectivity index (χ1) is 4.73. The van der Waals surface area contributed by atoms with Gasteiger partial charge in [-0.3, -0.25) is 4.79 Å². The van der Waals surface area contributed by atoms with E-state index >= 15 is 0 Å². The summed E-state index contributed by atoms with van der Waals surface area (Å²) in [6.45, 7) is 0. The zero-order chi connectivity index (χ0) is 7.19. The van der Waals surface area contributed by atoms with E-state index in [1.165, 1.54) is 0 Å². The molecule has 0 heterocycles. The van der Waals surface area contributed by atoms with Gasteiger partial charge in [0, 0.05) is 12.3 Å². The monoisotopic (exact) mass is 156 g/mol. The molecule has 2 aliphatic rings. The van der Waals surface area contributed by atoms with Gasteiger partial charge in [-0.1, -0.05) is 12.2 Å². The van der Waals surface area contributed by atoms with E-state index in [1.54, 1.807) is 0 Å². The Balaban J connectivity index is 2.27. The van der Waals surface area contributed by atoms with Gasteiger partial charge in [-0.25, -0.2) is 0 Å². The molecule has 2 unspecified atom stereocenters. The normalized spacial score (nSPS) is 44.5. The molecule has 0 aromatic carbocycles. The van der Waals surface area contributed by atoms with Crippen molar-refractivity contribution in [2.75, 3.05) is 0 Å². The molecule has 0 amide bonds. The minimum Gasteiger partial charge on any atom is -0.298 e. The predicted octanol–water partition coefficient (Wildman–Crippen LogP) is 1.90. The molecule has 0 aromatic rings. The minimum atomic E-state index is -0.477. The number of hydrogen-bond acceptors (Lipinski definition) is 1. The van der Waals surface area contributed by atoms with Crippen LogP contribution in [0, 0.1) is 5.92 Å². The first-order valence-corrected chi connectivity index (χ1v) is 4.00. The lowest BCUT2D eigenvalue weighted by atomic mass is 9.67. The molecule has 2 aliphatic carbocycles. The van der Waals surface area contributed by atoms with Crippen LogP contribution in [-0.4, -0.2) is 10.7 Å². The fourth-order valence-corrected chi connectivity index (χ4v) is 2.04.